The quantitative estimate of drug-likeness (QED) is 0.868. The summed E-state index contributed by atoms with van der Waals surface area (Å²) < 4.78 is 38.5. The van der Waals surface area contributed by atoms with E-state index in [0.29, 0.717) is 22.4 Å². The third-order valence-corrected chi connectivity index (χ3v) is 3.30. The zero-order chi connectivity index (χ0) is 15.8. The lowest BCUT2D eigenvalue weighted by atomic mass is 9.94. The van der Waals surface area contributed by atoms with Crippen molar-refractivity contribution >= 4 is 5.82 Å². The van der Waals surface area contributed by atoms with Gasteiger partial charge in [-0.1, -0.05) is 12.1 Å². The Bertz CT molecular complexity index is 743. The zero-order valence-corrected chi connectivity index (χ0v) is 11.4. The molecule has 0 unspecified atom stereocenters. The maximum atomic E-state index is 12.8. The standard InChI is InChI=1S/C15H12F3N3/c1-8-9(2)21-14(20)12(7-19)13(8)10-4-3-5-11(6-10)15(16,17)18/h3-6H,1-2H3,(H2,20,21). The number of anilines is 1. The number of hydrogen-bond donors (Lipinski definition) is 1. The molecule has 0 radical (unpaired) electrons. The Labute approximate surface area is 119 Å². The number of alkyl halides is 3. The second-order valence-electron chi connectivity index (χ2n) is 4.65. The summed E-state index contributed by atoms with van der Waals surface area (Å²) in [5, 5.41) is 9.21. The van der Waals surface area contributed by atoms with Crippen molar-refractivity contribution in [1.82, 2.24) is 4.98 Å². The Morgan fingerprint density at radius 3 is 2.48 bits per heavy atom. The number of nitrogens with two attached hydrogens (primary N) is 1. The number of aryl methyl sites for hydroxylation is 1. The number of nitrogen functional groups attached to an aromatic ring is 1. The SMILES string of the molecule is Cc1nc(N)c(C#N)c(-c2cccc(C(F)(F)F)c2)c1C. The van der Waals surface area contributed by atoms with Gasteiger partial charge in [0, 0.05) is 11.3 Å². The van der Waals surface area contributed by atoms with Crippen LogP contribution in [0, 0.1) is 25.2 Å². The van der Waals surface area contributed by atoms with Gasteiger partial charge in [-0.05, 0) is 37.1 Å². The summed E-state index contributed by atoms with van der Waals surface area (Å²) in [4.78, 5) is 4.03. The van der Waals surface area contributed by atoms with Crippen LogP contribution in [0.25, 0.3) is 11.1 Å². The number of nitrogens with zero attached hydrogens (tertiary/aromatic N) is 2. The van der Waals surface area contributed by atoms with Crippen molar-refractivity contribution in [2.24, 2.45) is 0 Å². The second-order valence-corrected chi connectivity index (χ2v) is 4.65. The van der Waals surface area contributed by atoms with Crippen molar-refractivity contribution in [3.05, 3.63) is 46.6 Å². The molecule has 2 rings (SSSR count). The fourth-order valence-corrected chi connectivity index (χ4v) is 2.14. The van der Waals surface area contributed by atoms with Gasteiger partial charge in [-0.2, -0.15) is 18.4 Å². The van der Waals surface area contributed by atoms with Gasteiger partial charge < -0.3 is 5.73 Å². The van der Waals surface area contributed by atoms with Gasteiger partial charge >= 0.3 is 6.18 Å². The minimum atomic E-state index is -4.44. The maximum absolute atomic E-state index is 12.8. The number of aromatic nitrogens is 1. The molecule has 0 saturated heterocycles. The molecular formula is C15H12F3N3. The normalized spacial score (nSPS) is 11.2. The van der Waals surface area contributed by atoms with Gasteiger partial charge in [0.05, 0.1) is 5.56 Å². The molecule has 2 aromatic rings. The van der Waals surface area contributed by atoms with E-state index in [1.54, 1.807) is 13.8 Å². The molecule has 0 aliphatic rings. The summed E-state index contributed by atoms with van der Waals surface area (Å²) in [6.07, 6.45) is -4.44. The number of benzene rings is 1. The summed E-state index contributed by atoms with van der Waals surface area (Å²) in [6.45, 7) is 3.40. The highest BCUT2D eigenvalue weighted by atomic mass is 19.4. The number of pyridine rings is 1. The fraction of sp³-hybridized carbons (Fsp3) is 0.200. The minimum absolute atomic E-state index is 0.0213. The van der Waals surface area contributed by atoms with E-state index in [-0.39, 0.29) is 11.4 Å². The Balaban J connectivity index is 2.77. The van der Waals surface area contributed by atoms with Gasteiger partial charge in [0.15, 0.2) is 0 Å². The van der Waals surface area contributed by atoms with E-state index in [9.17, 15) is 18.4 Å². The highest BCUT2D eigenvalue weighted by molar-refractivity contribution is 5.79. The van der Waals surface area contributed by atoms with E-state index in [0.717, 1.165) is 12.1 Å². The number of hydrogen-bond acceptors (Lipinski definition) is 3. The van der Waals surface area contributed by atoms with Crippen LogP contribution in [-0.2, 0) is 6.18 Å². The smallest absolute Gasteiger partial charge is 0.383 e. The van der Waals surface area contributed by atoms with Gasteiger partial charge in [0.2, 0.25) is 0 Å². The van der Waals surface area contributed by atoms with Gasteiger partial charge in [-0.15, -0.1) is 0 Å². The highest BCUT2D eigenvalue weighted by Gasteiger charge is 2.31. The molecule has 0 saturated carbocycles. The fourth-order valence-electron chi connectivity index (χ4n) is 2.14. The number of nitriles is 1. The average molecular weight is 291 g/mol. The first-order chi connectivity index (χ1) is 9.75. The Hall–Kier alpha value is -2.55. The third-order valence-electron chi connectivity index (χ3n) is 3.30. The van der Waals surface area contributed by atoms with Crippen LogP contribution in [0.2, 0.25) is 0 Å². The van der Waals surface area contributed by atoms with Crippen LogP contribution < -0.4 is 5.73 Å². The van der Waals surface area contributed by atoms with Crippen LogP contribution in [0.5, 0.6) is 0 Å². The lowest BCUT2D eigenvalue weighted by Crippen LogP contribution is -2.06. The molecule has 21 heavy (non-hydrogen) atoms. The molecule has 0 aliphatic carbocycles. The number of halogens is 3. The van der Waals surface area contributed by atoms with Crippen LogP contribution >= 0.6 is 0 Å². The first kappa shape index (κ1) is 14.9. The molecule has 1 heterocycles. The van der Waals surface area contributed by atoms with Crippen molar-refractivity contribution in [3.8, 4) is 17.2 Å². The predicted molar refractivity (Wildman–Crippen MR) is 73.3 cm³/mol. The Morgan fingerprint density at radius 1 is 1.24 bits per heavy atom. The topological polar surface area (TPSA) is 62.7 Å². The first-order valence-electron chi connectivity index (χ1n) is 6.10. The summed E-state index contributed by atoms with van der Waals surface area (Å²) in [7, 11) is 0. The van der Waals surface area contributed by atoms with Crippen LogP contribution in [0.4, 0.5) is 19.0 Å². The van der Waals surface area contributed by atoms with Crippen molar-refractivity contribution < 1.29 is 13.2 Å². The summed E-state index contributed by atoms with van der Waals surface area (Å²) in [5.74, 6) is 0.0213. The van der Waals surface area contributed by atoms with E-state index in [4.69, 9.17) is 5.73 Å². The molecule has 0 amide bonds. The average Bonchev–Trinajstić information content (AvgIpc) is 2.41. The van der Waals surface area contributed by atoms with Gasteiger partial charge in [0.25, 0.3) is 0 Å². The molecule has 3 nitrogen and oxygen atoms in total. The zero-order valence-electron chi connectivity index (χ0n) is 11.4. The van der Waals surface area contributed by atoms with E-state index in [1.165, 1.54) is 12.1 Å². The van der Waals surface area contributed by atoms with Gasteiger partial charge in [0.1, 0.15) is 17.5 Å². The van der Waals surface area contributed by atoms with E-state index < -0.39 is 11.7 Å². The summed E-state index contributed by atoms with van der Waals surface area (Å²) >= 11 is 0. The first-order valence-corrected chi connectivity index (χ1v) is 6.10. The summed E-state index contributed by atoms with van der Waals surface area (Å²) in [6, 6.07) is 6.76. The lowest BCUT2D eigenvalue weighted by Gasteiger charge is -2.14. The van der Waals surface area contributed by atoms with E-state index >= 15 is 0 Å². The largest absolute Gasteiger partial charge is 0.416 e. The third kappa shape index (κ3) is 2.68. The van der Waals surface area contributed by atoms with Gasteiger partial charge in [-0.25, -0.2) is 4.98 Å². The van der Waals surface area contributed by atoms with E-state index in [2.05, 4.69) is 4.98 Å². The monoisotopic (exact) mass is 291 g/mol. The number of rotatable bonds is 1. The van der Waals surface area contributed by atoms with Crippen LogP contribution in [0.1, 0.15) is 22.4 Å². The second kappa shape index (κ2) is 5.09. The lowest BCUT2D eigenvalue weighted by molar-refractivity contribution is -0.137. The molecule has 108 valence electrons. The highest BCUT2D eigenvalue weighted by Crippen LogP contribution is 2.35. The maximum Gasteiger partial charge on any atom is 0.416 e. The van der Waals surface area contributed by atoms with Crippen LogP contribution in [-0.4, -0.2) is 4.98 Å². The van der Waals surface area contributed by atoms with Gasteiger partial charge in [-0.3, -0.25) is 0 Å². The minimum Gasteiger partial charge on any atom is -0.383 e. The molecule has 0 spiro atoms. The van der Waals surface area contributed by atoms with Crippen LogP contribution in [0.15, 0.2) is 24.3 Å². The van der Waals surface area contributed by atoms with Crippen molar-refractivity contribution in [2.75, 3.05) is 5.73 Å². The van der Waals surface area contributed by atoms with Crippen molar-refractivity contribution in [1.29, 1.82) is 5.26 Å². The predicted octanol–water partition coefficient (Wildman–Crippen LogP) is 3.84. The molecule has 0 fully saturated rings. The molecule has 2 N–H and O–H groups in total. The molecule has 6 heteroatoms. The molecular weight excluding hydrogens is 279 g/mol. The molecule has 1 aromatic carbocycles. The summed E-state index contributed by atoms with van der Waals surface area (Å²) in [5.41, 5.74) is 6.95. The van der Waals surface area contributed by atoms with Crippen molar-refractivity contribution in [3.63, 3.8) is 0 Å². The molecule has 0 bridgehead atoms. The van der Waals surface area contributed by atoms with E-state index in [1.807, 2.05) is 6.07 Å². The van der Waals surface area contributed by atoms with Crippen LogP contribution in [0.3, 0.4) is 0 Å². The Kier molecular flexibility index (Phi) is 3.60. The molecule has 0 atom stereocenters. The molecule has 0 aliphatic heterocycles. The van der Waals surface area contributed by atoms with Crippen molar-refractivity contribution in [2.45, 2.75) is 20.0 Å². The molecule has 1 aromatic heterocycles. The Morgan fingerprint density at radius 2 is 1.90 bits per heavy atom.